The van der Waals surface area contributed by atoms with Crippen molar-refractivity contribution >= 4 is 34.3 Å². The number of carboxylic acids is 1. The van der Waals surface area contributed by atoms with E-state index in [1.165, 1.54) is 18.7 Å². The van der Waals surface area contributed by atoms with Crippen LogP contribution in [0.5, 0.6) is 0 Å². The fraction of sp³-hybridized carbons (Fsp3) is 0.840. The van der Waals surface area contributed by atoms with Gasteiger partial charge in [0.1, 0.15) is 6.04 Å². The molecule has 0 aliphatic carbocycles. The number of nitrogens with zero attached hydrogens (tertiary/aromatic N) is 2. The molecule has 0 spiro atoms. The van der Waals surface area contributed by atoms with E-state index in [0.717, 1.165) is 56.7 Å². The summed E-state index contributed by atoms with van der Waals surface area (Å²) in [6.45, 7) is 6.72. The van der Waals surface area contributed by atoms with Crippen LogP contribution in [0.15, 0.2) is 0 Å². The molecule has 3 rings (SSSR count). The lowest BCUT2D eigenvalue weighted by Gasteiger charge is -2.32. The SMILES string of the molecule is CCCCCCOC(=O)C(C)(C)COS(=O)(=O)ON1C(=O)N2C[C@H]1CC[C@H]2C(=O)NC1CCNCC1.O=C(O)C(F)(F)F. The number of aliphatic carboxylic acids is 1. The van der Waals surface area contributed by atoms with Crippen LogP contribution < -0.4 is 10.6 Å². The van der Waals surface area contributed by atoms with Crippen LogP contribution in [0.4, 0.5) is 18.0 Å². The molecule has 43 heavy (non-hydrogen) atoms. The van der Waals surface area contributed by atoms with Crippen molar-refractivity contribution in [2.24, 2.45) is 5.41 Å². The van der Waals surface area contributed by atoms with E-state index in [1.54, 1.807) is 0 Å². The number of hydroxylamine groups is 2. The first-order chi connectivity index (χ1) is 20.0. The van der Waals surface area contributed by atoms with Gasteiger partial charge in [0.2, 0.25) is 5.91 Å². The van der Waals surface area contributed by atoms with Gasteiger partial charge in [-0.3, -0.25) is 9.59 Å². The summed E-state index contributed by atoms with van der Waals surface area (Å²) in [6, 6.07) is -1.82. The molecule has 14 nitrogen and oxygen atoms in total. The van der Waals surface area contributed by atoms with Crippen molar-refractivity contribution in [3.8, 4) is 0 Å². The van der Waals surface area contributed by atoms with E-state index in [-0.39, 0.29) is 25.1 Å². The Morgan fingerprint density at radius 3 is 2.28 bits per heavy atom. The molecule has 3 N–H and O–H groups in total. The average molecular weight is 647 g/mol. The third-order valence-corrected chi connectivity index (χ3v) is 7.82. The number of carbonyl (C=O) groups is 4. The molecule has 2 bridgehead atoms. The maximum absolute atomic E-state index is 12.9. The number of unbranched alkanes of at least 4 members (excludes halogenated alkanes) is 3. The van der Waals surface area contributed by atoms with Crippen molar-refractivity contribution in [3.63, 3.8) is 0 Å². The molecule has 0 unspecified atom stereocenters. The largest absolute Gasteiger partial charge is 0.490 e. The molecule has 3 fully saturated rings. The number of alkyl halides is 3. The van der Waals surface area contributed by atoms with E-state index in [1.807, 2.05) is 0 Å². The molecule has 0 radical (unpaired) electrons. The lowest BCUT2D eigenvalue weighted by Crippen LogP contribution is -2.53. The van der Waals surface area contributed by atoms with Gasteiger partial charge in [0.05, 0.1) is 24.7 Å². The van der Waals surface area contributed by atoms with Crippen molar-refractivity contribution in [2.75, 3.05) is 32.8 Å². The third kappa shape index (κ3) is 11.4. The Balaban J connectivity index is 0.000000821. The van der Waals surface area contributed by atoms with Gasteiger partial charge in [0.15, 0.2) is 0 Å². The number of urea groups is 1. The van der Waals surface area contributed by atoms with Crippen LogP contribution in [0.25, 0.3) is 0 Å². The van der Waals surface area contributed by atoms with Crippen molar-refractivity contribution < 1.29 is 59.1 Å². The van der Waals surface area contributed by atoms with Gasteiger partial charge in [-0.25, -0.2) is 13.8 Å². The van der Waals surface area contributed by atoms with Crippen molar-refractivity contribution in [1.82, 2.24) is 20.6 Å². The highest BCUT2D eigenvalue weighted by Crippen LogP contribution is 2.31. The minimum Gasteiger partial charge on any atom is -0.475 e. The Hall–Kier alpha value is -2.70. The molecule has 0 aromatic rings. The minimum absolute atomic E-state index is 0.0571. The van der Waals surface area contributed by atoms with Gasteiger partial charge in [-0.05, 0) is 59.0 Å². The van der Waals surface area contributed by atoms with Crippen LogP contribution in [0.1, 0.15) is 72.1 Å². The topological polar surface area (TPSA) is 181 Å². The fourth-order valence-corrected chi connectivity index (χ4v) is 5.42. The number of fused-ring (bicyclic) bond motifs is 2. The number of nitrogens with one attached hydrogen (secondary N) is 2. The number of carboxylic acid groups (broad SMARTS) is 1. The maximum atomic E-state index is 12.9. The molecular weight excluding hydrogens is 605 g/mol. The summed E-state index contributed by atoms with van der Waals surface area (Å²) in [5, 5.41) is 14.1. The molecule has 3 amide bonds. The van der Waals surface area contributed by atoms with E-state index < -0.39 is 58.7 Å². The second-order valence-corrected chi connectivity index (χ2v) is 12.4. The number of ether oxygens (including phenoxy) is 1. The van der Waals surface area contributed by atoms with Gasteiger partial charge in [-0.1, -0.05) is 26.2 Å². The highest BCUT2D eigenvalue weighted by Gasteiger charge is 2.50. The zero-order valence-corrected chi connectivity index (χ0v) is 25.3. The van der Waals surface area contributed by atoms with Gasteiger partial charge in [-0.2, -0.15) is 26.7 Å². The van der Waals surface area contributed by atoms with E-state index in [9.17, 15) is 36.0 Å². The lowest BCUT2D eigenvalue weighted by molar-refractivity contribution is -0.192. The van der Waals surface area contributed by atoms with E-state index >= 15 is 0 Å². The molecule has 0 aromatic heterocycles. The summed E-state index contributed by atoms with van der Waals surface area (Å²) in [4.78, 5) is 48.3. The number of amides is 3. The Bertz CT molecular complexity index is 1080. The third-order valence-electron chi connectivity index (χ3n) is 7.07. The van der Waals surface area contributed by atoms with Crippen LogP contribution >= 0.6 is 0 Å². The van der Waals surface area contributed by atoms with Gasteiger partial charge >= 0.3 is 34.5 Å². The molecule has 2 atom stereocenters. The van der Waals surface area contributed by atoms with E-state index in [2.05, 4.69) is 17.6 Å². The van der Waals surface area contributed by atoms with Gasteiger partial charge < -0.3 is 25.4 Å². The maximum Gasteiger partial charge on any atom is 0.490 e. The van der Waals surface area contributed by atoms with Crippen molar-refractivity contribution in [1.29, 1.82) is 0 Å². The molecule has 3 aliphatic heterocycles. The van der Waals surface area contributed by atoms with Crippen molar-refractivity contribution in [2.45, 2.75) is 96.4 Å². The number of hydrogen-bond donors (Lipinski definition) is 3. The van der Waals surface area contributed by atoms with Crippen LogP contribution in [-0.2, 0) is 38.0 Å². The quantitative estimate of drug-likeness (QED) is 0.197. The van der Waals surface area contributed by atoms with Crippen LogP contribution in [-0.4, -0.2) is 105 Å². The molecule has 18 heteroatoms. The number of carbonyl (C=O) groups excluding carboxylic acids is 3. The molecule has 248 valence electrons. The summed E-state index contributed by atoms with van der Waals surface area (Å²) in [6.07, 6.45) is 1.19. The molecular formula is C25H41F3N4O10S. The minimum atomic E-state index is -5.08. The van der Waals surface area contributed by atoms with Crippen LogP contribution in [0.2, 0.25) is 0 Å². The highest BCUT2D eigenvalue weighted by molar-refractivity contribution is 7.81. The van der Waals surface area contributed by atoms with Crippen LogP contribution in [0, 0.1) is 5.41 Å². The molecule has 0 aromatic carbocycles. The van der Waals surface area contributed by atoms with E-state index in [0.29, 0.717) is 12.8 Å². The molecule has 0 saturated carbocycles. The second-order valence-electron chi connectivity index (χ2n) is 11.2. The zero-order chi connectivity index (χ0) is 32.4. The molecule has 3 aliphatic rings. The zero-order valence-electron chi connectivity index (χ0n) is 24.5. The average Bonchev–Trinajstić information content (AvgIpc) is 3.16. The van der Waals surface area contributed by atoms with Crippen LogP contribution in [0.3, 0.4) is 0 Å². The van der Waals surface area contributed by atoms with Gasteiger partial charge in [0, 0.05) is 12.6 Å². The number of rotatable bonds is 13. The number of piperidine rings is 2. The Morgan fingerprint density at radius 2 is 1.70 bits per heavy atom. The van der Waals surface area contributed by atoms with Gasteiger partial charge in [-0.15, -0.1) is 4.28 Å². The first-order valence-electron chi connectivity index (χ1n) is 14.2. The van der Waals surface area contributed by atoms with Gasteiger partial charge in [0.25, 0.3) is 0 Å². The summed E-state index contributed by atoms with van der Waals surface area (Å²) in [7, 11) is -4.63. The fourth-order valence-electron chi connectivity index (χ4n) is 4.55. The Labute approximate surface area is 248 Å². The summed E-state index contributed by atoms with van der Waals surface area (Å²) in [5.74, 6) is -3.56. The number of hydrogen-bond acceptors (Lipinski definition) is 10. The number of esters is 1. The summed E-state index contributed by atoms with van der Waals surface area (Å²) in [5.41, 5.74) is -1.23. The smallest absolute Gasteiger partial charge is 0.475 e. The first kappa shape index (κ1) is 36.5. The van der Waals surface area contributed by atoms with Crippen molar-refractivity contribution in [3.05, 3.63) is 0 Å². The molecule has 3 heterocycles. The number of halogens is 3. The Morgan fingerprint density at radius 1 is 1.07 bits per heavy atom. The highest BCUT2D eigenvalue weighted by atomic mass is 32.3. The lowest BCUT2D eigenvalue weighted by atomic mass is 9.95. The summed E-state index contributed by atoms with van der Waals surface area (Å²) < 4.78 is 71.9. The predicted molar refractivity (Wildman–Crippen MR) is 143 cm³/mol. The first-order valence-corrected chi connectivity index (χ1v) is 15.5. The summed E-state index contributed by atoms with van der Waals surface area (Å²) >= 11 is 0. The Kier molecular flexibility index (Phi) is 13.5. The normalized spacial score (nSPS) is 21.2. The predicted octanol–water partition coefficient (Wildman–Crippen LogP) is 2.10. The monoisotopic (exact) mass is 646 g/mol. The molecule has 3 saturated heterocycles. The van der Waals surface area contributed by atoms with E-state index in [4.69, 9.17) is 23.1 Å². The second kappa shape index (κ2) is 15.9. The standard InChI is InChI=1S/C23H40N4O8S.C2HF3O2/c1-4-5-6-7-14-33-21(29)23(2,3)16-34-36(31,32)35-27-18-8-9-19(26(15-18)22(27)30)20(28)25-17-10-12-24-13-11-17;3-2(4,5)1(6)7/h17-19,24H,4-16H2,1-3H3,(H,25,28);(H,6,7)/t18-,19+;/m1./s1.